The molecule has 202 valence electrons. The molecule has 4 aromatic carbocycles. The second-order valence-electron chi connectivity index (χ2n) is 11.1. The fourth-order valence-electron chi connectivity index (χ4n) is 6.91. The number of benzene rings is 4. The van der Waals surface area contributed by atoms with E-state index in [-0.39, 0.29) is 35.0 Å². The zero-order valence-corrected chi connectivity index (χ0v) is 22.6. The number of carbonyl (C=O) groups excluding carboxylic acids is 4. The number of ether oxygens (including phenoxy) is 1. The summed E-state index contributed by atoms with van der Waals surface area (Å²) in [5.74, 6) is -2.69. The van der Waals surface area contributed by atoms with Gasteiger partial charge in [-0.3, -0.25) is 14.4 Å². The monoisotopic (exact) mass is 541 g/mol. The lowest BCUT2D eigenvalue weighted by Crippen LogP contribution is -2.41. The van der Waals surface area contributed by atoms with Gasteiger partial charge in [0, 0.05) is 17.4 Å². The van der Waals surface area contributed by atoms with Crippen LogP contribution in [0, 0.1) is 18.8 Å². The van der Waals surface area contributed by atoms with Crippen LogP contribution in [-0.2, 0) is 14.3 Å². The van der Waals surface area contributed by atoms with Gasteiger partial charge in [-0.2, -0.15) is 0 Å². The minimum atomic E-state index is -0.964. The maximum absolute atomic E-state index is 13.9. The smallest absolute Gasteiger partial charge is 0.338 e. The molecule has 1 saturated heterocycles. The van der Waals surface area contributed by atoms with Crippen LogP contribution < -0.4 is 4.90 Å². The van der Waals surface area contributed by atoms with Crippen molar-refractivity contribution in [2.45, 2.75) is 31.8 Å². The highest BCUT2D eigenvalue weighted by Gasteiger charge is 2.61. The van der Waals surface area contributed by atoms with Crippen LogP contribution in [-0.4, -0.2) is 29.7 Å². The molecule has 3 atom stereocenters. The highest BCUT2D eigenvalue weighted by Crippen LogP contribution is 2.61. The number of Topliss-reactive ketones (excluding diaryl/α,β-unsaturated/α-hetero) is 1. The topological polar surface area (TPSA) is 80.8 Å². The van der Waals surface area contributed by atoms with E-state index in [2.05, 4.69) is 24.3 Å². The number of imide groups is 1. The van der Waals surface area contributed by atoms with Gasteiger partial charge in [-0.05, 0) is 60.4 Å². The fourth-order valence-corrected chi connectivity index (χ4v) is 6.91. The molecule has 1 fully saturated rings. The van der Waals surface area contributed by atoms with Crippen molar-refractivity contribution in [1.82, 2.24) is 0 Å². The summed E-state index contributed by atoms with van der Waals surface area (Å²) in [7, 11) is 0. The highest BCUT2D eigenvalue weighted by atomic mass is 16.5. The van der Waals surface area contributed by atoms with Crippen LogP contribution in [0.4, 0.5) is 5.69 Å². The molecule has 4 aromatic rings. The Labute approximate surface area is 237 Å². The van der Waals surface area contributed by atoms with E-state index in [0.717, 1.165) is 27.8 Å². The Morgan fingerprint density at radius 3 is 1.56 bits per heavy atom. The lowest BCUT2D eigenvalue weighted by Gasteiger charge is -2.45. The summed E-state index contributed by atoms with van der Waals surface area (Å²) < 4.78 is 5.44. The van der Waals surface area contributed by atoms with Gasteiger partial charge in [0.15, 0.2) is 6.10 Å². The van der Waals surface area contributed by atoms with Gasteiger partial charge in [-0.1, -0.05) is 78.4 Å². The second-order valence-corrected chi connectivity index (χ2v) is 11.1. The minimum Gasteiger partial charge on any atom is -0.451 e. The normalized spacial score (nSPS) is 22.5. The summed E-state index contributed by atoms with van der Waals surface area (Å²) in [6.45, 7) is 3.48. The van der Waals surface area contributed by atoms with Crippen molar-refractivity contribution in [3.8, 4) is 0 Å². The van der Waals surface area contributed by atoms with Crippen molar-refractivity contribution >= 4 is 29.3 Å². The Morgan fingerprint density at radius 2 is 1.10 bits per heavy atom. The van der Waals surface area contributed by atoms with Gasteiger partial charge < -0.3 is 4.74 Å². The third kappa shape index (κ3) is 3.78. The predicted octanol–water partition coefficient (Wildman–Crippen LogP) is 5.82. The number of esters is 1. The molecule has 1 heterocycles. The molecule has 0 unspecified atom stereocenters. The highest BCUT2D eigenvalue weighted by molar-refractivity contribution is 6.23. The number of ketones is 1. The lowest BCUT2D eigenvalue weighted by atomic mass is 9.55. The Balaban J connectivity index is 1.14. The molecule has 0 N–H and O–H groups in total. The summed E-state index contributed by atoms with van der Waals surface area (Å²) in [6, 6.07) is 29.6. The molecular weight excluding hydrogens is 514 g/mol. The van der Waals surface area contributed by atoms with Gasteiger partial charge in [-0.25, -0.2) is 9.69 Å². The average Bonchev–Trinajstić information content (AvgIpc) is 3.27. The van der Waals surface area contributed by atoms with Gasteiger partial charge in [0.2, 0.25) is 17.6 Å². The fraction of sp³-hybridized carbons (Fsp3) is 0.200. The number of carbonyl (C=O) groups is 4. The van der Waals surface area contributed by atoms with E-state index in [1.807, 2.05) is 43.3 Å². The molecule has 0 aromatic heterocycles. The van der Waals surface area contributed by atoms with Crippen molar-refractivity contribution in [1.29, 1.82) is 0 Å². The molecule has 1 aliphatic heterocycles. The van der Waals surface area contributed by atoms with E-state index >= 15 is 0 Å². The van der Waals surface area contributed by atoms with Crippen LogP contribution in [0.2, 0.25) is 0 Å². The first-order valence-electron chi connectivity index (χ1n) is 13.8. The van der Waals surface area contributed by atoms with Gasteiger partial charge >= 0.3 is 5.97 Å². The maximum Gasteiger partial charge on any atom is 0.338 e. The molecule has 0 saturated carbocycles. The molecule has 0 radical (unpaired) electrons. The Hall–Kier alpha value is -4.84. The van der Waals surface area contributed by atoms with Crippen LogP contribution in [0.1, 0.15) is 67.3 Å². The Bertz CT molecular complexity index is 1620. The van der Waals surface area contributed by atoms with Crippen molar-refractivity contribution in [3.63, 3.8) is 0 Å². The van der Waals surface area contributed by atoms with Crippen molar-refractivity contribution in [2.75, 3.05) is 4.90 Å². The molecular formula is C35H27NO5. The molecule has 2 amide bonds. The SMILES string of the molecule is Cc1ccc(C(=O)[C@H](C)OC(=O)c2ccc(N3C(=O)[C@H]4C5c6ccccc6C(c6ccccc65)[C@@H]4C3=O)cc2)cc1. The quantitative estimate of drug-likeness (QED) is 0.181. The minimum absolute atomic E-state index is 0.180. The van der Waals surface area contributed by atoms with E-state index in [4.69, 9.17) is 4.74 Å². The lowest BCUT2D eigenvalue weighted by molar-refractivity contribution is -0.122. The molecule has 41 heavy (non-hydrogen) atoms. The predicted molar refractivity (Wildman–Crippen MR) is 153 cm³/mol. The molecule has 2 bridgehead atoms. The number of aryl methyl sites for hydroxylation is 1. The van der Waals surface area contributed by atoms with Crippen LogP contribution in [0.25, 0.3) is 0 Å². The van der Waals surface area contributed by atoms with Gasteiger partial charge in [-0.15, -0.1) is 0 Å². The number of amides is 2. The van der Waals surface area contributed by atoms with Gasteiger partial charge in [0.05, 0.1) is 23.1 Å². The average molecular weight is 542 g/mol. The summed E-state index contributed by atoms with van der Waals surface area (Å²) in [5, 5.41) is 0. The van der Waals surface area contributed by atoms with E-state index in [1.54, 1.807) is 31.2 Å². The zero-order valence-electron chi connectivity index (χ0n) is 22.6. The largest absolute Gasteiger partial charge is 0.451 e. The molecule has 6 heteroatoms. The van der Waals surface area contributed by atoms with Crippen molar-refractivity contribution in [2.24, 2.45) is 11.8 Å². The summed E-state index contributed by atoms with van der Waals surface area (Å²) in [5.41, 5.74) is 6.62. The molecule has 0 spiro atoms. The third-order valence-electron chi connectivity index (χ3n) is 8.80. The standard InChI is InChI=1S/C35H27NO5/c1-19-11-13-21(14-12-19)32(37)20(2)41-35(40)22-15-17-23(18-16-22)36-33(38)30-28-24-7-3-4-8-25(24)29(31(30)34(36)39)27-10-6-5-9-26(27)28/h3-18,20,28-31H,1-2H3/t20-,28?,29?,30-,31-/m0/s1. The Kier molecular flexibility index (Phi) is 5.75. The Morgan fingerprint density at radius 1 is 0.659 bits per heavy atom. The number of nitrogens with zero attached hydrogens (tertiary/aromatic N) is 1. The molecule has 6 nitrogen and oxygen atoms in total. The van der Waals surface area contributed by atoms with Crippen LogP contribution in [0.3, 0.4) is 0 Å². The third-order valence-corrected chi connectivity index (χ3v) is 8.80. The van der Waals surface area contributed by atoms with E-state index < -0.39 is 23.9 Å². The molecule has 4 aliphatic rings. The van der Waals surface area contributed by atoms with Crippen molar-refractivity contribution in [3.05, 3.63) is 136 Å². The number of hydrogen-bond donors (Lipinski definition) is 0. The first-order chi connectivity index (χ1) is 19.8. The maximum atomic E-state index is 13.9. The van der Waals surface area contributed by atoms with Crippen LogP contribution in [0.15, 0.2) is 97.1 Å². The first-order valence-corrected chi connectivity index (χ1v) is 13.8. The number of anilines is 1. The zero-order chi connectivity index (χ0) is 28.4. The summed E-state index contributed by atoms with van der Waals surface area (Å²) in [6.07, 6.45) is -0.964. The second kappa shape index (κ2) is 9.37. The first kappa shape index (κ1) is 25.1. The van der Waals surface area contributed by atoms with Gasteiger partial charge in [0.1, 0.15) is 0 Å². The number of hydrogen-bond acceptors (Lipinski definition) is 5. The molecule has 3 aliphatic carbocycles. The van der Waals surface area contributed by atoms with Crippen LogP contribution in [0.5, 0.6) is 0 Å². The van der Waals surface area contributed by atoms with E-state index in [0.29, 0.717) is 11.3 Å². The molecule has 8 rings (SSSR count). The summed E-state index contributed by atoms with van der Waals surface area (Å²) in [4.78, 5) is 54.7. The van der Waals surface area contributed by atoms with Gasteiger partial charge in [0.25, 0.3) is 0 Å². The van der Waals surface area contributed by atoms with E-state index in [1.165, 1.54) is 17.0 Å². The number of rotatable bonds is 5. The summed E-state index contributed by atoms with van der Waals surface area (Å²) >= 11 is 0. The van der Waals surface area contributed by atoms with Crippen LogP contribution >= 0.6 is 0 Å². The van der Waals surface area contributed by atoms with Crippen molar-refractivity contribution < 1.29 is 23.9 Å². The van der Waals surface area contributed by atoms with E-state index in [9.17, 15) is 19.2 Å².